The summed E-state index contributed by atoms with van der Waals surface area (Å²) in [5, 5.41) is 0. The second kappa shape index (κ2) is 6.54. The first-order chi connectivity index (χ1) is 10.6. The van der Waals surface area contributed by atoms with Gasteiger partial charge in [-0.1, -0.05) is 25.1 Å². The van der Waals surface area contributed by atoms with Crippen LogP contribution in [0.5, 0.6) is 0 Å². The van der Waals surface area contributed by atoms with Gasteiger partial charge in [0.15, 0.2) is 0 Å². The minimum absolute atomic E-state index is 0.343. The Balaban J connectivity index is 1.80. The van der Waals surface area contributed by atoms with Crippen LogP contribution in [0.3, 0.4) is 0 Å². The SMILES string of the molecule is O=S(=O)(c1ccc(N2CCCCCC2)cc1)N1CCCC1=S. The van der Waals surface area contributed by atoms with Crippen molar-refractivity contribution in [1.29, 1.82) is 0 Å². The molecular weight excluding hydrogens is 316 g/mol. The predicted octanol–water partition coefficient (Wildman–Crippen LogP) is 3.18. The molecule has 4 nitrogen and oxygen atoms in total. The molecule has 0 atom stereocenters. The lowest BCUT2D eigenvalue weighted by molar-refractivity contribution is 0.538. The Bertz CT molecular complexity index is 633. The lowest BCUT2D eigenvalue weighted by Gasteiger charge is -2.23. The van der Waals surface area contributed by atoms with Crippen molar-refractivity contribution in [3.63, 3.8) is 0 Å². The van der Waals surface area contributed by atoms with E-state index in [1.807, 2.05) is 12.1 Å². The fourth-order valence-electron chi connectivity index (χ4n) is 3.16. The highest BCUT2D eigenvalue weighted by Gasteiger charge is 2.30. The minimum Gasteiger partial charge on any atom is -0.372 e. The van der Waals surface area contributed by atoms with E-state index in [-0.39, 0.29) is 0 Å². The molecule has 120 valence electrons. The number of rotatable bonds is 3. The second-order valence-electron chi connectivity index (χ2n) is 5.97. The number of nitrogens with zero attached hydrogens (tertiary/aromatic N) is 2. The van der Waals surface area contributed by atoms with Gasteiger partial charge in [-0.15, -0.1) is 0 Å². The average Bonchev–Trinajstić information content (AvgIpc) is 2.79. The number of benzene rings is 1. The Hall–Kier alpha value is -1.14. The van der Waals surface area contributed by atoms with Gasteiger partial charge in [0.2, 0.25) is 0 Å². The molecule has 2 aliphatic heterocycles. The van der Waals surface area contributed by atoms with E-state index in [0.29, 0.717) is 22.8 Å². The molecule has 0 radical (unpaired) electrons. The minimum atomic E-state index is -3.47. The van der Waals surface area contributed by atoms with Gasteiger partial charge in [0.05, 0.1) is 9.88 Å². The van der Waals surface area contributed by atoms with Crippen LogP contribution in [0.15, 0.2) is 29.2 Å². The van der Waals surface area contributed by atoms with Gasteiger partial charge in [-0.25, -0.2) is 8.42 Å². The zero-order chi connectivity index (χ0) is 15.6. The second-order valence-corrected chi connectivity index (χ2v) is 8.30. The monoisotopic (exact) mass is 338 g/mol. The van der Waals surface area contributed by atoms with Crippen molar-refractivity contribution in [1.82, 2.24) is 4.31 Å². The topological polar surface area (TPSA) is 40.6 Å². The average molecular weight is 338 g/mol. The molecule has 0 bridgehead atoms. The van der Waals surface area contributed by atoms with Crippen molar-refractivity contribution in [2.45, 2.75) is 43.4 Å². The molecule has 6 heteroatoms. The van der Waals surface area contributed by atoms with Crippen molar-refractivity contribution < 1.29 is 8.42 Å². The molecule has 0 unspecified atom stereocenters. The van der Waals surface area contributed by atoms with Crippen molar-refractivity contribution in [2.24, 2.45) is 0 Å². The van der Waals surface area contributed by atoms with Gasteiger partial charge in [0, 0.05) is 31.7 Å². The molecule has 3 rings (SSSR count). The maximum absolute atomic E-state index is 12.6. The third-order valence-corrected chi connectivity index (χ3v) is 6.82. The quantitative estimate of drug-likeness (QED) is 0.794. The van der Waals surface area contributed by atoms with Crippen LogP contribution in [0.2, 0.25) is 0 Å². The number of anilines is 1. The zero-order valence-electron chi connectivity index (χ0n) is 12.7. The standard InChI is InChI=1S/C16H22N2O2S2/c19-22(20,18-13-5-6-16(18)21)15-9-7-14(8-10-15)17-11-3-1-2-4-12-17/h7-10H,1-6,11-13H2. The molecule has 0 saturated carbocycles. The Morgan fingerprint density at radius 3 is 2.05 bits per heavy atom. The van der Waals surface area contributed by atoms with Crippen LogP contribution >= 0.6 is 12.2 Å². The van der Waals surface area contributed by atoms with Crippen LogP contribution in [0.1, 0.15) is 38.5 Å². The number of hydrogen-bond donors (Lipinski definition) is 0. The van der Waals surface area contributed by atoms with E-state index in [1.165, 1.54) is 30.0 Å². The summed E-state index contributed by atoms with van der Waals surface area (Å²) in [6.07, 6.45) is 6.51. The largest absolute Gasteiger partial charge is 0.372 e. The van der Waals surface area contributed by atoms with Gasteiger partial charge < -0.3 is 4.90 Å². The van der Waals surface area contributed by atoms with Gasteiger partial charge in [0.25, 0.3) is 10.0 Å². The molecule has 0 aromatic heterocycles. The maximum atomic E-state index is 12.6. The summed E-state index contributed by atoms with van der Waals surface area (Å²) in [5.74, 6) is 0. The first kappa shape index (κ1) is 15.7. The third kappa shape index (κ3) is 3.13. The first-order valence-electron chi connectivity index (χ1n) is 7.99. The van der Waals surface area contributed by atoms with Crippen LogP contribution in [-0.4, -0.2) is 37.3 Å². The van der Waals surface area contributed by atoms with E-state index in [1.54, 1.807) is 12.1 Å². The summed E-state index contributed by atoms with van der Waals surface area (Å²) in [6.45, 7) is 2.62. The molecule has 2 aliphatic rings. The highest BCUT2D eigenvalue weighted by atomic mass is 32.2. The van der Waals surface area contributed by atoms with Gasteiger partial charge in [-0.2, -0.15) is 0 Å². The Kier molecular flexibility index (Phi) is 4.68. The Labute approximate surface area is 138 Å². The van der Waals surface area contributed by atoms with Crippen molar-refractivity contribution in [3.05, 3.63) is 24.3 Å². The van der Waals surface area contributed by atoms with Gasteiger partial charge >= 0.3 is 0 Å². The van der Waals surface area contributed by atoms with E-state index >= 15 is 0 Å². The molecule has 1 aromatic rings. The highest BCUT2D eigenvalue weighted by molar-refractivity contribution is 7.91. The van der Waals surface area contributed by atoms with E-state index in [0.717, 1.165) is 25.2 Å². The van der Waals surface area contributed by atoms with Crippen molar-refractivity contribution in [3.8, 4) is 0 Å². The molecular formula is C16H22N2O2S2. The molecule has 0 spiro atoms. The zero-order valence-corrected chi connectivity index (χ0v) is 14.3. The molecule has 1 aromatic carbocycles. The number of sulfonamides is 1. The number of thiocarbonyl (C=S) groups is 1. The van der Waals surface area contributed by atoms with Crippen LogP contribution in [0.25, 0.3) is 0 Å². The Morgan fingerprint density at radius 1 is 0.864 bits per heavy atom. The van der Waals surface area contributed by atoms with Gasteiger partial charge in [0.1, 0.15) is 0 Å². The smallest absolute Gasteiger partial charge is 0.264 e. The molecule has 2 heterocycles. The van der Waals surface area contributed by atoms with Crippen LogP contribution in [0.4, 0.5) is 5.69 Å². The molecule has 0 amide bonds. The van der Waals surface area contributed by atoms with Crippen LogP contribution < -0.4 is 4.90 Å². The van der Waals surface area contributed by atoms with Crippen LogP contribution in [-0.2, 0) is 10.0 Å². The summed E-state index contributed by atoms with van der Waals surface area (Å²) >= 11 is 5.17. The predicted molar refractivity (Wildman–Crippen MR) is 92.8 cm³/mol. The maximum Gasteiger partial charge on any atom is 0.264 e. The highest BCUT2D eigenvalue weighted by Crippen LogP contribution is 2.26. The molecule has 0 N–H and O–H groups in total. The number of hydrogen-bond acceptors (Lipinski definition) is 4. The summed E-state index contributed by atoms with van der Waals surface area (Å²) in [7, 11) is -3.47. The normalized spacial score (nSPS) is 20.3. The Morgan fingerprint density at radius 2 is 1.50 bits per heavy atom. The molecule has 2 saturated heterocycles. The summed E-state index contributed by atoms with van der Waals surface area (Å²) in [4.78, 5) is 3.23. The summed E-state index contributed by atoms with van der Waals surface area (Å²) < 4.78 is 26.6. The van der Waals surface area contributed by atoms with Crippen molar-refractivity contribution >= 4 is 32.9 Å². The van der Waals surface area contributed by atoms with E-state index in [9.17, 15) is 8.42 Å². The third-order valence-electron chi connectivity index (χ3n) is 4.43. The fraction of sp³-hybridized carbons (Fsp3) is 0.562. The lowest BCUT2D eigenvalue weighted by atomic mass is 10.2. The van der Waals surface area contributed by atoms with Gasteiger partial charge in [-0.05, 0) is 43.5 Å². The summed E-state index contributed by atoms with van der Waals surface area (Å²) in [5.41, 5.74) is 1.12. The van der Waals surface area contributed by atoms with E-state index < -0.39 is 10.0 Å². The first-order valence-corrected chi connectivity index (χ1v) is 9.84. The van der Waals surface area contributed by atoms with Crippen LogP contribution in [0, 0.1) is 0 Å². The molecule has 2 fully saturated rings. The fourth-order valence-corrected chi connectivity index (χ4v) is 5.16. The molecule has 0 aliphatic carbocycles. The lowest BCUT2D eigenvalue weighted by Crippen LogP contribution is -2.31. The van der Waals surface area contributed by atoms with E-state index in [4.69, 9.17) is 12.2 Å². The van der Waals surface area contributed by atoms with Gasteiger partial charge in [-0.3, -0.25) is 4.31 Å². The van der Waals surface area contributed by atoms with Crippen molar-refractivity contribution in [2.75, 3.05) is 24.5 Å². The summed E-state index contributed by atoms with van der Waals surface area (Å²) in [6, 6.07) is 7.29. The van der Waals surface area contributed by atoms with E-state index in [2.05, 4.69) is 4.90 Å². The molecule has 22 heavy (non-hydrogen) atoms.